The number of aryl methyl sites for hydroxylation is 1. The van der Waals surface area contributed by atoms with Gasteiger partial charge in [-0.1, -0.05) is 33.6 Å². The molecule has 2 N–H and O–H groups in total. The van der Waals surface area contributed by atoms with E-state index < -0.39 is 0 Å². The lowest BCUT2D eigenvalue weighted by atomic mass is 10.1. The van der Waals surface area contributed by atoms with E-state index in [0.29, 0.717) is 23.1 Å². The maximum Gasteiger partial charge on any atom is 0.258 e. The monoisotopic (exact) mass is 468 g/mol. The van der Waals surface area contributed by atoms with Gasteiger partial charge in [-0.25, -0.2) is 0 Å². The summed E-state index contributed by atoms with van der Waals surface area (Å²) in [6, 6.07) is 9.49. The third-order valence-electron chi connectivity index (χ3n) is 3.89. The van der Waals surface area contributed by atoms with Crippen LogP contribution in [0.25, 0.3) is 0 Å². The zero-order valence-corrected chi connectivity index (χ0v) is 19.1. The molecular formula is C21H26BrClN2O3. The number of nitrogens with one attached hydrogen (secondary N) is 2. The van der Waals surface area contributed by atoms with Gasteiger partial charge in [-0.15, -0.1) is 0 Å². The Morgan fingerprint density at radius 2 is 1.93 bits per heavy atom. The first-order chi connectivity index (χ1) is 13.1. The number of rotatable bonds is 7. The molecule has 0 aromatic heterocycles. The van der Waals surface area contributed by atoms with Crippen molar-refractivity contribution in [1.82, 2.24) is 5.32 Å². The minimum absolute atomic E-state index is 0.104. The molecule has 0 unspecified atom stereocenters. The smallest absolute Gasteiger partial charge is 0.258 e. The average Bonchev–Trinajstić information content (AvgIpc) is 2.60. The Bertz CT molecular complexity index is 850. The van der Waals surface area contributed by atoms with E-state index in [9.17, 15) is 4.79 Å². The Balaban J connectivity index is 2.20. The van der Waals surface area contributed by atoms with E-state index in [-0.39, 0.29) is 18.1 Å². The molecule has 0 aliphatic heterocycles. The second-order valence-electron chi connectivity index (χ2n) is 7.46. The van der Waals surface area contributed by atoms with Crippen LogP contribution in [-0.2, 0) is 11.3 Å². The SMILES string of the molecule is COc1ccc(Br)c(CNc2ccc(C)c(Cl)c2)c1OCC(=O)NC(C)(C)C. The number of ether oxygens (including phenoxy) is 2. The number of carbonyl (C=O) groups excluding carboxylic acids is 1. The van der Waals surface area contributed by atoms with Gasteiger partial charge in [0.15, 0.2) is 18.1 Å². The molecular weight excluding hydrogens is 444 g/mol. The molecule has 2 aromatic carbocycles. The number of hydrogen-bond donors (Lipinski definition) is 2. The highest BCUT2D eigenvalue weighted by Crippen LogP contribution is 2.37. The largest absolute Gasteiger partial charge is 0.493 e. The van der Waals surface area contributed by atoms with Crippen molar-refractivity contribution in [3.05, 3.63) is 51.0 Å². The summed E-state index contributed by atoms with van der Waals surface area (Å²) in [5, 5.41) is 6.92. The molecule has 0 fully saturated rings. The summed E-state index contributed by atoms with van der Waals surface area (Å²) < 4.78 is 12.1. The Morgan fingerprint density at radius 1 is 1.21 bits per heavy atom. The third kappa shape index (κ3) is 6.31. The lowest BCUT2D eigenvalue weighted by Crippen LogP contribution is -2.43. The minimum atomic E-state index is -0.323. The van der Waals surface area contributed by atoms with Gasteiger partial charge in [-0.05, 0) is 57.5 Å². The molecule has 0 aliphatic carbocycles. The number of benzene rings is 2. The average molecular weight is 470 g/mol. The van der Waals surface area contributed by atoms with Gasteiger partial charge in [0.05, 0.1) is 7.11 Å². The van der Waals surface area contributed by atoms with Crippen molar-refractivity contribution in [2.75, 3.05) is 19.0 Å². The van der Waals surface area contributed by atoms with Crippen LogP contribution in [0.5, 0.6) is 11.5 Å². The van der Waals surface area contributed by atoms with Gasteiger partial charge < -0.3 is 20.1 Å². The molecule has 2 aromatic rings. The van der Waals surface area contributed by atoms with Crippen LogP contribution in [0.15, 0.2) is 34.8 Å². The summed E-state index contributed by atoms with van der Waals surface area (Å²) in [7, 11) is 1.57. The number of halogens is 2. The van der Waals surface area contributed by atoms with Gasteiger partial charge in [0, 0.05) is 32.8 Å². The summed E-state index contributed by atoms with van der Waals surface area (Å²) in [6.07, 6.45) is 0. The highest BCUT2D eigenvalue weighted by molar-refractivity contribution is 9.10. The maximum atomic E-state index is 12.2. The summed E-state index contributed by atoms with van der Waals surface area (Å²) in [5.41, 5.74) is 2.43. The molecule has 0 saturated carbocycles. The van der Waals surface area contributed by atoms with Crippen LogP contribution >= 0.6 is 27.5 Å². The predicted octanol–water partition coefficient (Wildman–Crippen LogP) is 5.33. The first-order valence-corrected chi connectivity index (χ1v) is 10.1. The fourth-order valence-corrected chi connectivity index (χ4v) is 3.18. The van der Waals surface area contributed by atoms with Crippen molar-refractivity contribution in [3.63, 3.8) is 0 Å². The molecule has 0 spiro atoms. The highest BCUT2D eigenvalue weighted by Gasteiger charge is 2.18. The fourth-order valence-electron chi connectivity index (χ4n) is 2.55. The maximum absolute atomic E-state index is 12.2. The predicted molar refractivity (Wildman–Crippen MR) is 118 cm³/mol. The van der Waals surface area contributed by atoms with Crippen LogP contribution in [0, 0.1) is 6.92 Å². The number of anilines is 1. The van der Waals surface area contributed by atoms with Crippen LogP contribution < -0.4 is 20.1 Å². The Hall–Kier alpha value is -1.92. The van der Waals surface area contributed by atoms with Crippen molar-refractivity contribution in [2.24, 2.45) is 0 Å². The molecule has 5 nitrogen and oxygen atoms in total. The number of amides is 1. The molecule has 152 valence electrons. The molecule has 0 saturated heterocycles. The summed E-state index contributed by atoms with van der Waals surface area (Å²) in [4.78, 5) is 12.2. The molecule has 2 rings (SSSR count). The second-order valence-corrected chi connectivity index (χ2v) is 8.72. The van der Waals surface area contributed by atoms with E-state index in [1.165, 1.54) is 0 Å². The van der Waals surface area contributed by atoms with Gasteiger partial charge >= 0.3 is 0 Å². The Kier molecular flexibility index (Phi) is 7.61. The zero-order chi connectivity index (χ0) is 20.9. The van der Waals surface area contributed by atoms with E-state index in [1.807, 2.05) is 52.0 Å². The van der Waals surface area contributed by atoms with Crippen LogP contribution in [-0.4, -0.2) is 25.2 Å². The van der Waals surface area contributed by atoms with Gasteiger partial charge in [-0.3, -0.25) is 4.79 Å². The van der Waals surface area contributed by atoms with Crippen LogP contribution in [0.4, 0.5) is 5.69 Å². The number of carbonyl (C=O) groups is 1. The molecule has 0 radical (unpaired) electrons. The summed E-state index contributed by atoms with van der Waals surface area (Å²) in [5.74, 6) is 0.885. The van der Waals surface area contributed by atoms with Gasteiger partial charge in [-0.2, -0.15) is 0 Å². The van der Waals surface area contributed by atoms with Crippen molar-refractivity contribution >= 4 is 39.1 Å². The van der Waals surface area contributed by atoms with Crippen molar-refractivity contribution in [2.45, 2.75) is 39.8 Å². The van der Waals surface area contributed by atoms with E-state index >= 15 is 0 Å². The first kappa shape index (κ1) is 22.4. The molecule has 0 atom stereocenters. The van der Waals surface area contributed by atoms with Crippen LogP contribution in [0.3, 0.4) is 0 Å². The van der Waals surface area contributed by atoms with Crippen LogP contribution in [0.2, 0.25) is 5.02 Å². The molecule has 1 amide bonds. The van der Waals surface area contributed by atoms with E-state index in [4.69, 9.17) is 21.1 Å². The lowest BCUT2D eigenvalue weighted by molar-refractivity contribution is -0.124. The minimum Gasteiger partial charge on any atom is -0.493 e. The molecule has 0 heterocycles. The topological polar surface area (TPSA) is 59.6 Å². The van der Waals surface area contributed by atoms with Crippen molar-refractivity contribution in [1.29, 1.82) is 0 Å². The molecule has 0 aliphatic rings. The molecule has 7 heteroatoms. The fraction of sp³-hybridized carbons (Fsp3) is 0.381. The number of methoxy groups -OCH3 is 1. The van der Waals surface area contributed by atoms with Gasteiger partial charge in [0.1, 0.15) is 0 Å². The Morgan fingerprint density at radius 3 is 2.54 bits per heavy atom. The van der Waals surface area contributed by atoms with Crippen molar-refractivity contribution in [3.8, 4) is 11.5 Å². The Labute approximate surface area is 179 Å². The van der Waals surface area contributed by atoms with E-state index in [0.717, 1.165) is 21.3 Å². The molecule has 28 heavy (non-hydrogen) atoms. The van der Waals surface area contributed by atoms with Crippen LogP contribution in [0.1, 0.15) is 31.9 Å². The van der Waals surface area contributed by atoms with E-state index in [2.05, 4.69) is 26.6 Å². The third-order valence-corrected chi connectivity index (χ3v) is 5.04. The second kappa shape index (κ2) is 9.52. The first-order valence-electron chi connectivity index (χ1n) is 8.90. The summed E-state index contributed by atoms with van der Waals surface area (Å²) >= 11 is 9.77. The summed E-state index contributed by atoms with van der Waals surface area (Å²) in [6.45, 7) is 8.09. The quantitative estimate of drug-likeness (QED) is 0.576. The number of hydrogen-bond acceptors (Lipinski definition) is 4. The van der Waals surface area contributed by atoms with Gasteiger partial charge in [0.25, 0.3) is 5.91 Å². The van der Waals surface area contributed by atoms with Gasteiger partial charge in [0.2, 0.25) is 0 Å². The lowest BCUT2D eigenvalue weighted by Gasteiger charge is -2.22. The zero-order valence-electron chi connectivity index (χ0n) is 16.8. The highest BCUT2D eigenvalue weighted by atomic mass is 79.9. The molecule has 0 bridgehead atoms. The van der Waals surface area contributed by atoms with Crippen molar-refractivity contribution < 1.29 is 14.3 Å². The standard InChI is InChI=1S/C21H26BrClN2O3/c1-13-6-7-14(10-17(13)23)24-11-15-16(22)8-9-18(27-5)20(15)28-12-19(26)25-21(2,3)4/h6-10,24H,11-12H2,1-5H3,(H,25,26). The van der Waals surface area contributed by atoms with E-state index in [1.54, 1.807) is 13.2 Å². The normalized spacial score (nSPS) is 11.1.